The van der Waals surface area contributed by atoms with Crippen molar-refractivity contribution >= 4 is 11.6 Å². The van der Waals surface area contributed by atoms with Crippen molar-refractivity contribution in [3.05, 3.63) is 33.4 Å². The number of nitrogens with one attached hydrogen (secondary N) is 2. The molecule has 0 atom stereocenters. The zero-order valence-corrected chi connectivity index (χ0v) is 12.5. The molecular formula is C14H20N4O3. The molecule has 0 radical (unpaired) electrons. The summed E-state index contributed by atoms with van der Waals surface area (Å²) in [5.74, 6) is -0.250. The lowest BCUT2D eigenvalue weighted by molar-refractivity contribution is 0.0950. The van der Waals surface area contributed by atoms with E-state index in [1.807, 2.05) is 6.92 Å². The zero-order chi connectivity index (χ0) is 15.4. The summed E-state index contributed by atoms with van der Waals surface area (Å²) in [7, 11) is 1.62. The molecule has 0 saturated carbocycles. The van der Waals surface area contributed by atoms with Gasteiger partial charge in [-0.1, -0.05) is 6.92 Å². The molecule has 1 amide bonds. The topological polar surface area (TPSA) is 88.5 Å². The minimum atomic E-state index is -0.250. The lowest BCUT2D eigenvalue weighted by Crippen LogP contribution is -2.26. The van der Waals surface area contributed by atoms with Gasteiger partial charge in [0.15, 0.2) is 5.65 Å². The van der Waals surface area contributed by atoms with Crippen LogP contribution in [-0.4, -0.2) is 40.8 Å². The van der Waals surface area contributed by atoms with E-state index < -0.39 is 0 Å². The Labute approximate surface area is 122 Å². The van der Waals surface area contributed by atoms with Crippen LogP contribution in [0.25, 0.3) is 5.65 Å². The molecule has 0 fully saturated rings. The highest BCUT2D eigenvalue weighted by atomic mass is 16.5. The van der Waals surface area contributed by atoms with Gasteiger partial charge in [0, 0.05) is 37.7 Å². The fraction of sp³-hybridized carbons (Fsp3) is 0.500. The van der Waals surface area contributed by atoms with Crippen LogP contribution in [0.5, 0.6) is 0 Å². The maximum Gasteiger partial charge on any atom is 0.276 e. The van der Waals surface area contributed by atoms with Crippen LogP contribution in [0.1, 0.15) is 35.0 Å². The predicted octanol–water partition coefficient (Wildman–Crippen LogP) is 0.660. The molecule has 0 aliphatic rings. The molecule has 2 N–H and O–H groups in total. The Morgan fingerprint density at radius 1 is 1.52 bits per heavy atom. The second-order valence-electron chi connectivity index (χ2n) is 4.78. The number of carbonyl (C=O) groups is 1. The van der Waals surface area contributed by atoms with Crippen LogP contribution in [0.4, 0.5) is 0 Å². The van der Waals surface area contributed by atoms with E-state index in [0.29, 0.717) is 42.0 Å². The van der Waals surface area contributed by atoms with Gasteiger partial charge < -0.3 is 10.1 Å². The number of aryl methyl sites for hydroxylation is 1. The third kappa shape index (κ3) is 2.97. The van der Waals surface area contributed by atoms with E-state index in [1.165, 1.54) is 10.7 Å². The number of hydrogen-bond donors (Lipinski definition) is 2. The van der Waals surface area contributed by atoms with Crippen molar-refractivity contribution in [3.8, 4) is 0 Å². The summed E-state index contributed by atoms with van der Waals surface area (Å²) in [6.07, 6.45) is 2.85. The Hall–Kier alpha value is -2.15. The Kier molecular flexibility index (Phi) is 4.74. The monoisotopic (exact) mass is 292 g/mol. The number of methoxy groups -OCH3 is 1. The van der Waals surface area contributed by atoms with E-state index in [1.54, 1.807) is 14.0 Å². The quantitative estimate of drug-likeness (QED) is 0.766. The molecule has 2 aromatic rings. The number of amides is 1. The van der Waals surface area contributed by atoms with Crippen molar-refractivity contribution in [2.45, 2.75) is 26.7 Å². The van der Waals surface area contributed by atoms with Crippen molar-refractivity contribution in [1.82, 2.24) is 19.9 Å². The number of ether oxygens (including phenoxy) is 1. The minimum Gasteiger partial charge on any atom is -0.385 e. The van der Waals surface area contributed by atoms with Gasteiger partial charge >= 0.3 is 0 Å². The van der Waals surface area contributed by atoms with Crippen LogP contribution in [-0.2, 0) is 11.2 Å². The highest BCUT2D eigenvalue weighted by molar-refractivity contribution is 5.99. The third-order valence-electron chi connectivity index (χ3n) is 3.37. The Balaban J connectivity index is 2.30. The van der Waals surface area contributed by atoms with E-state index >= 15 is 0 Å². The molecule has 7 nitrogen and oxygen atoms in total. The molecule has 7 heteroatoms. The van der Waals surface area contributed by atoms with E-state index in [-0.39, 0.29) is 11.5 Å². The Morgan fingerprint density at radius 2 is 2.29 bits per heavy atom. The predicted molar refractivity (Wildman–Crippen MR) is 78.8 cm³/mol. The van der Waals surface area contributed by atoms with E-state index in [0.717, 1.165) is 6.42 Å². The number of aromatic nitrogens is 3. The molecule has 2 heterocycles. The molecule has 0 aliphatic heterocycles. The van der Waals surface area contributed by atoms with Gasteiger partial charge in [-0.2, -0.15) is 0 Å². The molecule has 2 rings (SSSR count). The zero-order valence-electron chi connectivity index (χ0n) is 12.5. The maximum atomic E-state index is 12.3. The summed E-state index contributed by atoms with van der Waals surface area (Å²) in [5, 5.41) is 5.58. The lowest BCUT2D eigenvalue weighted by Gasteiger charge is -2.05. The van der Waals surface area contributed by atoms with E-state index in [9.17, 15) is 9.59 Å². The van der Waals surface area contributed by atoms with Crippen molar-refractivity contribution in [2.75, 3.05) is 20.3 Å². The molecule has 0 spiro atoms. The molecule has 0 saturated heterocycles. The van der Waals surface area contributed by atoms with Gasteiger partial charge in [-0.3, -0.25) is 14.7 Å². The van der Waals surface area contributed by atoms with E-state index in [4.69, 9.17) is 4.74 Å². The average molecular weight is 292 g/mol. The van der Waals surface area contributed by atoms with Gasteiger partial charge in [-0.25, -0.2) is 9.50 Å². The molecule has 21 heavy (non-hydrogen) atoms. The number of carbonyl (C=O) groups excluding carboxylic acids is 1. The largest absolute Gasteiger partial charge is 0.385 e. The fourth-order valence-corrected chi connectivity index (χ4v) is 2.24. The van der Waals surface area contributed by atoms with Gasteiger partial charge in [0.2, 0.25) is 0 Å². The first-order valence-corrected chi connectivity index (χ1v) is 6.96. The van der Waals surface area contributed by atoms with E-state index in [2.05, 4.69) is 15.4 Å². The van der Waals surface area contributed by atoms with Crippen molar-refractivity contribution in [2.24, 2.45) is 0 Å². The van der Waals surface area contributed by atoms with Crippen LogP contribution in [0, 0.1) is 6.92 Å². The average Bonchev–Trinajstić information content (AvgIpc) is 2.88. The summed E-state index contributed by atoms with van der Waals surface area (Å²) in [6.45, 7) is 4.79. The number of nitrogens with zero attached hydrogens (tertiary/aromatic N) is 2. The number of hydrogen-bond acceptors (Lipinski definition) is 4. The first-order valence-electron chi connectivity index (χ1n) is 6.96. The van der Waals surface area contributed by atoms with Gasteiger partial charge in [-0.15, -0.1) is 0 Å². The molecule has 114 valence electrons. The molecule has 0 aliphatic carbocycles. The van der Waals surface area contributed by atoms with Crippen LogP contribution < -0.4 is 10.9 Å². The second kappa shape index (κ2) is 6.53. The van der Waals surface area contributed by atoms with Crippen molar-refractivity contribution in [1.29, 1.82) is 0 Å². The molecule has 0 aromatic carbocycles. The Morgan fingerprint density at radius 3 is 2.95 bits per heavy atom. The first-order chi connectivity index (χ1) is 10.1. The van der Waals surface area contributed by atoms with Crippen LogP contribution in [0.2, 0.25) is 0 Å². The van der Waals surface area contributed by atoms with Crippen LogP contribution in [0.15, 0.2) is 11.0 Å². The minimum absolute atomic E-state index is 0.154. The number of H-pyrrole nitrogens is 1. The standard InChI is InChI=1S/C14H20N4O3/c1-4-10-9(2)17-12-11(8-16-18(12)14(10)20)13(19)15-6-5-7-21-3/h8,16H,4-7H2,1-3H3,(H,15,19). The normalized spacial score (nSPS) is 11.0. The first kappa shape index (κ1) is 15.2. The van der Waals surface area contributed by atoms with Gasteiger partial charge in [-0.05, 0) is 19.8 Å². The van der Waals surface area contributed by atoms with Crippen molar-refractivity contribution in [3.63, 3.8) is 0 Å². The molecule has 0 unspecified atom stereocenters. The Bertz CT molecular complexity index is 702. The highest BCUT2D eigenvalue weighted by Gasteiger charge is 2.16. The summed E-state index contributed by atoms with van der Waals surface area (Å²) in [4.78, 5) is 28.8. The molecular weight excluding hydrogens is 272 g/mol. The SMILES string of the molecule is CCc1c(C)nc2c(C(=O)NCCCOC)c[nH]n2c1=O. The van der Waals surface area contributed by atoms with Gasteiger partial charge in [0.1, 0.15) is 5.56 Å². The third-order valence-corrected chi connectivity index (χ3v) is 3.37. The van der Waals surface area contributed by atoms with Crippen LogP contribution >= 0.6 is 0 Å². The fourth-order valence-electron chi connectivity index (χ4n) is 2.24. The number of aromatic amines is 1. The second-order valence-corrected chi connectivity index (χ2v) is 4.78. The summed E-state index contributed by atoms with van der Waals surface area (Å²) >= 11 is 0. The van der Waals surface area contributed by atoms with Gasteiger partial charge in [0.05, 0.1) is 0 Å². The lowest BCUT2D eigenvalue weighted by atomic mass is 10.2. The number of rotatable bonds is 6. The highest BCUT2D eigenvalue weighted by Crippen LogP contribution is 2.09. The number of fused-ring (bicyclic) bond motifs is 1. The smallest absolute Gasteiger partial charge is 0.276 e. The molecule has 0 bridgehead atoms. The maximum absolute atomic E-state index is 12.3. The van der Waals surface area contributed by atoms with Gasteiger partial charge in [0.25, 0.3) is 11.5 Å². The summed E-state index contributed by atoms with van der Waals surface area (Å²) in [5.41, 5.74) is 1.89. The van der Waals surface area contributed by atoms with Crippen LogP contribution in [0.3, 0.4) is 0 Å². The van der Waals surface area contributed by atoms with Crippen molar-refractivity contribution < 1.29 is 9.53 Å². The summed E-state index contributed by atoms with van der Waals surface area (Å²) < 4.78 is 6.24. The summed E-state index contributed by atoms with van der Waals surface area (Å²) in [6, 6.07) is 0. The molecule has 2 aromatic heterocycles.